The summed E-state index contributed by atoms with van der Waals surface area (Å²) in [7, 11) is 1.43. The second kappa shape index (κ2) is 10.0. The molecule has 11 heteroatoms. The summed E-state index contributed by atoms with van der Waals surface area (Å²) in [5.74, 6) is 0.307. The van der Waals surface area contributed by atoms with E-state index in [9.17, 15) is 22.8 Å². The molecule has 3 aromatic rings. The molecule has 1 fully saturated rings. The van der Waals surface area contributed by atoms with Crippen LogP contribution in [0.2, 0.25) is 0 Å². The van der Waals surface area contributed by atoms with Crippen molar-refractivity contribution in [1.82, 2.24) is 14.9 Å². The van der Waals surface area contributed by atoms with Crippen molar-refractivity contribution < 1.29 is 27.4 Å². The first-order valence-electron chi connectivity index (χ1n) is 11.9. The van der Waals surface area contributed by atoms with Gasteiger partial charge in [-0.3, -0.25) is 9.59 Å². The number of nitrogens with zero attached hydrogens (tertiary/aromatic N) is 2. The number of H-pyrrole nitrogens is 1. The summed E-state index contributed by atoms with van der Waals surface area (Å²) in [4.78, 5) is 33.8. The lowest BCUT2D eigenvalue weighted by Gasteiger charge is -2.35. The summed E-state index contributed by atoms with van der Waals surface area (Å²) in [6, 6.07) is 6.06. The van der Waals surface area contributed by atoms with E-state index in [-0.39, 0.29) is 40.4 Å². The highest BCUT2D eigenvalue weighted by molar-refractivity contribution is 5.97. The van der Waals surface area contributed by atoms with E-state index in [1.54, 1.807) is 30.0 Å². The van der Waals surface area contributed by atoms with Gasteiger partial charge in [0.05, 0.1) is 41.3 Å². The van der Waals surface area contributed by atoms with Crippen molar-refractivity contribution in [3.8, 4) is 5.75 Å². The molecule has 1 aliphatic heterocycles. The number of aryl methyl sites for hydroxylation is 1. The summed E-state index contributed by atoms with van der Waals surface area (Å²) in [6.45, 7) is 7.75. The SMILES string of the molecule is COc1cc(NC(C)c2cc3c(=O)[nH]c(C)nc3cc2C(F)(F)F)ccc1C(=O)N1C[C@@H](C)O[C@@H](C)C1. The molecule has 0 spiro atoms. The van der Waals surface area contributed by atoms with Crippen LogP contribution >= 0.6 is 0 Å². The zero-order valence-corrected chi connectivity index (χ0v) is 21.2. The van der Waals surface area contributed by atoms with Crippen molar-refractivity contribution >= 4 is 22.5 Å². The number of nitrogens with one attached hydrogen (secondary N) is 2. The Balaban J connectivity index is 1.66. The minimum absolute atomic E-state index is 0.0270. The van der Waals surface area contributed by atoms with Crippen LogP contribution in [0.25, 0.3) is 10.9 Å². The molecule has 0 radical (unpaired) electrons. The van der Waals surface area contributed by atoms with Gasteiger partial charge in [-0.2, -0.15) is 13.2 Å². The van der Waals surface area contributed by atoms with E-state index in [1.165, 1.54) is 20.1 Å². The van der Waals surface area contributed by atoms with E-state index in [0.717, 1.165) is 6.07 Å². The van der Waals surface area contributed by atoms with Gasteiger partial charge in [0.25, 0.3) is 11.5 Å². The number of methoxy groups -OCH3 is 1. The molecular weight excluding hydrogens is 489 g/mol. The van der Waals surface area contributed by atoms with E-state index in [0.29, 0.717) is 30.1 Å². The number of carbonyl (C=O) groups is 1. The number of anilines is 1. The number of rotatable bonds is 5. The van der Waals surface area contributed by atoms with Gasteiger partial charge in [0.1, 0.15) is 11.6 Å². The third kappa shape index (κ3) is 5.56. The molecule has 8 nitrogen and oxygen atoms in total. The number of aromatic nitrogens is 2. The molecule has 1 saturated heterocycles. The lowest BCUT2D eigenvalue weighted by atomic mass is 9.98. The fourth-order valence-electron chi connectivity index (χ4n) is 4.72. The van der Waals surface area contributed by atoms with Gasteiger partial charge in [-0.25, -0.2) is 4.98 Å². The normalized spacial score (nSPS) is 19.1. The fraction of sp³-hybridized carbons (Fsp3) is 0.423. The van der Waals surface area contributed by atoms with Gasteiger partial charge in [-0.15, -0.1) is 0 Å². The van der Waals surface area contributed by atoms with Crippen molar-refractivity contribution in [1.29, 1.82) is 0 Å². The molecular formula is C26H29F3N4O4. The van der Waals surface area contributed by atoms with Crippen molar-refractivity contribution in [2.75, 3.05) is 25.5 Å². The molecule has 2 N–H and O–H groups in total. The highest BCUT2D eigenvalue weighted by Crippen LogP contribution is 2.38. The number of aromatic amines is 1. The maximum absolute atomic E-state index is 14.0. The van der Waals surface area contributed by atoms with Crippen LogP contribution in [0, 0.1) is 6.92 Å². The van der Waals surface area contributed by atoms with E-state index in [2.05, 4.69) is 15.3 Å². The maximum Gasteiger partial charge on any atom is 0.416 e. The predicted octanol–water partition coefficient (Wildman–Crippen LogP) is 4.68. The van der Waals surface area contributed by atoms with Gasteiger partial charge >= 0.3 is 6.18 Å². The maximum atomic E-state index is 14.0. The van der Waals surface area contributed by atoms with Gasteiger partial charge in [0.15, 0.2) is 0 Å². The Hall–Kier alpha value is -3.60. The number of halogens is 3. The predicted molar refractivity (Wildman–Crippen MR) is 133 cm³/mol. The average Bonchev–Trinajstić information content (AvgIpc) is 2.81. The van der Waals surface area contributed by atoms with Gasteiger partial charge < -0.3 is 24.7 Å². The highest BCUT2D eigenvalue weighted by atomic mass is 19.4. The molecule has 37 heavy (non-hydrogen) atoms. The van der Waals surface area contributed by atoms with Crippen molar-refractivity contribution in [2.24, 2.45) is 0 Å². The number of carbonyl (C=O) groups excluding carboxylic acids is 1. The first kappa shape index (κ1) is 26.5. The van der Waals surface area contributed by atoms with Crippen LogP contribution in [-0.2, 0) is 10.9 Å². The van der Waals surface area contributed by atoms with Crippen LogP contribution in [0.15, 0.2) is 35.1 Å². The molecule has 0 aliphatic carbocycles. The number of hydrogen-bond acceptors (Lipinski definition) is 6. The molecule has 0 bridgehead atoms. The lowest BCUT2D eigenvalue weighted by molar-refractivity contribution is -0.138. The zero-order valence-electron chi connectivity index (χ0n) is 21.2. The standard InChI is InChI=1S/C26H29F3N4O4/c1-13-11-33(12-14(2)37-13)25(35)18-7-6-17(8-23(18)36-5)30-15(3)19-9-20-22(10-21(19)26(27,28)29)31-16(4)32-24(20)34/h6-10,13-15,30H,11-12H2,1-5H3,(H,31,32,34)/t13-,14+,15?. The molecule has 0 saturated carbocycles. The van der Waals surface area contributed by atoms with Crippen LogP contribution in [0.4, 0.5) is 18.9 Å². The van der Waals surface area contributed by atoms with Gasteiger partial charge in [-0.1, -0.05) is 0 Å². The molecule has 4 rings (SSSR count). The third-order valence-corrected chi connectivity index (χ3v) is 6.29. The second-order valence-electron chi connectivity index (χ2n) is 9.35. The Labute approximate surface area is 211 Å². The minimum Gasteiger partial charge on any atom is -0.496 e. The molecule has 1 amide bonds. The second-order valence-corrected chi connectivity index (χ2v) is 9.35. The van der Waals surface area contributed by atoms with Gasteiger partial charge in [0.2, 0.25) is 0 Å². The number of fused-ring (bicyclic) bond motifs is 1. The Morgan fingerprint density at radius 3 is 2.51 bits per heavy atom. The fourth-order valence-corrected chi connectivity index (χ4v) is 4.72. The van der Waals surface area contributed by atoms with Crippen LogP contribution in [0.5, 0.6) is 5.75 Å². The first-order chi connectivity index (χ1) is 17.4. The van der Waals surface area contributed by atoms with E-state index >= 15 is 0 Å². The van der Waals surface area contributed by atoms with Crippen LogP contribution in [-0.4, -0.2) is 53.2 Å². The van der Waals surface area contributed by atoms with Crippen LogP contribution in [0.3, 0.4) is 0 Å². The monoisotopic (exact) mass is 518 g/mol. The van der Waals surface area contributed by atoms with Gasteiger partial charge in [-0.05, 0) is 57.5 Å². The number of morpholine rings is 1. The summed E-state index contributed by atoms with van der Waals surface area (Å²) in [5, 5.41) is 3.11. The Bertz CT molecular complexity index is 1380. The average molecular weight is 519 g/mol. The van der Waals surface area contributed by atoms with Crippen molar-refractivity contribution in [2.45, 2.75) is 52.1 Å². The quantitative estimate of drug-likeness (QED) is 0.509. The topological polar surface area (TPSA) is 96.5 Å². The van der Waals surface area contributed by atoms with E-state index in [4.69, 9.17) is 9.47 Å². The van der Waals surface area contributed by atoms with Crippen molar-refractivity contribution in [3.63, 3.8) is 0 Å². The van der Waals surface area contributed by atoms with Crippen molar-refractivity contribution in [3.05, 3.63) is 63.2 Å². The number of ether oxygens (including phenoxy) is 2. The molecule has 1 aliphatic rings. The van der Waals surface area contributed by atoms with Crippen LogP contribution < -0.4 is 15.6 Å². The Morgan fingerprint density at radius 2 is 1.89 bits per heavy atom. The van der Waals surface area contributed by atoms with Gasteiger partial charge in [0, 0.05) is 30.9 Å². The summed E-state index contributed by atoms with van der Waals surface area (Å²) in [6.07, 6.45) is -4.86. The van der Waals surface area contributed by atoms with Crippen LogP contribution in [0.1, 0.15) is 54.1 Å². The van der Waals surface area contributed by atoms with E-state index in [1.807, 2.05) is 13.8 Å². The third-order valence-electron chi connectivity index (χ3n) is 6.29. The number of benzene rings is 2. The molecule has 2 aromatic carbocycles. The number of amides is 1. The summed E-state index contributed by atoms with van der Waals surface area (Å²) >= 11 is 0. The minimum atomic E-state index is -4.65. The molecule has 1 unspecified atom stereocenters. The smallest absolute Gasteiger partial charge is 0.416 e. The zero-order chi connectivity index (χ0) is 27.1. The molecule has 2 heterocycles. The largest absolute Gasteiger partial charge is 0.496 e. The first-order valence-corrected chi connectivity index (χ1v) is 11.9. The molecule has 1 aromatic heterocycles. The lowest BCUT2D eigenvalue weighted by Crippen LogP contribution is -2.48. The number of alkyl halides is 3. The number of hydrogen-bond donors (Lipinski definition) is 2. The Kier molecular flexibility index (Phi) is 7.18. The van der Waals surface area contributed by atoms with E-state index < -0.39 is 23.3 Å². The highest BCUT2D eigenvalue weighted by Gasteiger charge is 2.35. The summed E-state index contributed by atoms with van der Waals surface area (Å²) in [5.41, 5.74) is -0.731. The summed E-state index contributed by atoms with van der Waals surface area (Å²) < 4.78 is 53.0. The Morgan fingerprint density at radius 1 is 1.22 bits per heavy atom. The molecule has 198 valence electrons. The molecule has 3 atom stereocenters.